The molecule has 0 aromatic heterocycles. The Morgan fingerprint density at radius 3 is 2.71 bits per heavy atom. The Kier molecular flexibility index (Phi) is 5.53. The number of aliphatic imine (C=N–C) groups is 1. The molecular weight excluding hydrogens is 430 g/mol. The van der Waals surface area contributed by atoms with E-state index in [1.54, 1.807) is 0 Å². The van der Waals surface area contributed by atoms with Crippen molar-refractivity contribution in [3.05, 3.63) is 99.1 Å². The third-order valence-electron chi connectivity index (χ3n) is 6.63. The molecule has 0 saturated carbocycles. The van der Waals surface area contributed by atoms with Crippen molar-refractivity contribution in [3.8, 4) is 11.5 Å². The molecule has 0 unspecified atom stereocenters. The van der Waals surface area contributed by atoms with Gasteiger partial charge in [0.25, 0.3) is 0 Å². The number of methoxy groups -OCH3 is 1. The van der Waals surface area contributed by atoms with Gasteiger partial charge in [0.2, 0.25) is 5.75 Å². The Morgan fingerprint density at radius 2 is 1.97 bits per heavy atom. The lowest BCUT2D eigenvalue weighted by Gasteiger charge is -2.37. The number of phenolic OH excluding ortho intramolecular Hbond substituents is 1. The number of aryl methyl sites for hydroxylation is 1. The molecule has 3 aromatic rings. The summed E-state index contributed by atoms with van der Waals surface area (Å²) in [5.41, 5.74) is 5.80. The summed E-state index contributed by atoms with van der Waals surface area (Å²) in [4.78, 5) is 15.0. The number of ether oxygens (including phenoxy) is 1. The van der Waals surface area contributed by atoms with Crippen LogP contribution in [0.3, 0.4) is 0 Å². The second-order valence-corrected chi connectivity index (χ2v) is 8.76. The summed E-state index contributed by atoms with van der Waals surface area (Å²) in [7, 11) is 1.35. The average Bonchev–Trinajstić information content (AvgIpc) is 3.33. The minimum Gasteiger partial charge on any atom is -0.500 e. The number of nitrogens with zero attached hydrogens (tertiary/aromatic N) is 2. The predicted molar refractivity (Wildman–Crippen MR) is 133 cm³/mol. The van der Waals surface area contributed by atoms with Crippen molar-refractivity contribution in [1.82, 2.24) is 0 Å². The molecule has 0 saturated heterocycles. The molecule has 1 aliphatic heterocycles. The molecule has 0 fully saturated rings. The van der Waals surface area contributed by atoms with Gasteiger partial charge in [-0.05, 0) is 54.7 Å². The monoisotopic (exact) mass is 455 g/mol. The van der Waals surface area contributed by atoms with Gasteiger partial charge < -0.3 is 15.2 Å². The molecule has 0 radical (unpaired) electrons. The normalized spacial score (nSPS) is 20.6. The zero-order chi connectivity index (χ0) is 23.8. The van der Waals surface area contributed by atoms with Gasteiger partial charge in [-0.15, -0.1) is 0 Å². The van der Waals surface area contributed by atoms with E-state index in [0.29, 0.717) is 17.4 Å². The van der Waals surface area contributed by atoms with Gasteiger partial charge in [0.1, 0.15) is 0 Å². The first-order chi connectivity index (χ1) is 16.4. The molecule has 7 heteroatoms. The number of anilines is 1. The molecule has 1 heterocycles. The minimum atomic E-state index is -0.647. The molecule has 3 atom stereocenters. The van der Waals surface area contributed by atoms with Gasteiger partial charge in [0, 0.05) is 29.4 Å². The summed E-state index contributed by atoms with van der Waals surface area (Å²) >= 11 is 0. The largest absolute Gasteiger partial charge is 0.500 e. The molecule has 0 bridgehead atoms. The number of benzene rings is 3. The van der Waals surface area contributed by atoms with Crippen LogP contribution in [0.2, 0.25) is 0 Å². The molecule has 34 heavy (non-hydrogen) atoms. The number of aromatic hydroxyl groups is 1. The Balaban J connectivity index is 1.39. The van der Waals surface area contributed by atoms with Gasteiger partial charge in [0.05, 0.1) is 23.8 Å². The lowest BCUT2D eigenvalue weighted by atomic mass is 9.76. The minimum absolute atomic E-state index is 0.0320. The van der Waals surface area contributed by atoms with Crippen LogP contribution < -0.4 is 10.1 Å². The van der Waals surface area contributed by atoms with Crippen LogP contribution >= 0.6 is 0 Å². The van der Waals surface area contributed by atoms with Gasteiger partial charge in [0.15, 0.2) is 5.75 Å². The Labute approximate surface area is 197 Å². The van der Waals surface area contributed by atoms with Crippen LogP contribution in [0, 0.1) is 23.0 Å². The number of nitro groups is 1. The first-order valence-corrected chi connectivity index (χ1v) is 11.2. The fourth-order valence-corrected chi connectivity index (χ4v) is 4.94. The molecule has 0 spiro atoms. The van der Waals surface area contributed by atoms with E-state index < -0.39 is 16.4 Å². The van der Waals surface area contributed by atoms with Gasteiger partial charge in [-0.1, -0.05) is 42.0 Å². The van der Waals surface area contributed by atoms with E-state index >= 15 is 0 Å². The highest BCUT2D eigenvalue weighted by Crippen LogP contribution is 2.50. The van der Waals surface area contributed by atoms with Crippen molar-refractivity contribution < 1.29 is 14.8 Å². The number of nitro benzene ring substituents is 1. The number of nitrogens with one attached hydrogen (secondary N) is 1. The highest BCUT2D eigenvalue weighted by Gasteiger charge is 2.37. The van der Waals surface area contributed by atoms with Crippen LogP contribution in [0.25, 0.3) is 0 Å². The average molecular weight is 456 g/mol. The second kappa shape index (κ2) is 8.67. The van der Waals surface area contributed by atoms with E-state index in [9.17, 15) is 15.2 Å². The SMILES string of the molecule is COc1cc(C=Nc2ccc([C@@H]3Nc4ccc(C)cc4[C@H]4C=CC[C@@H]43)cc2)cc([N+](=O)[O-])c1O. The second-order valence-electron chi connectivity index (χ2n) is 8.76. The summed E-state index contributed by atoms with van der Waals surface area (Å²) in [5, 5.41) is 24.9. The first kappa shape index (κ1) is 21.7. The molecule has 172 valence electrons. The van der Waals surface area contributed by atoms with Gasteiger partial charge in [-0.3, -0.25) is 15.1 Å². The fourth-order valence-electron chi connectivity index (χ4n) is 4.94. The summed E-state index contributed by atoms with van der Waals surface area (Å²) in [6.45, 7) is 2.13. The molecule has 1 aliphatic carbocycles. The Hall–Kier alpha value is -4.13. The van der Waals surface area contributed by atoms with E-state index in [2.05, 4.69) is 59.7 Å². The van der Waals surface area contributed by atoms with Crippen LogP contribution in [0.4, 0.5) is 17.1 Å². The standard InChI is InChI=1S/C27H25N3O4/c1-16-6-11-23-22(12-16)20-4-3-5-21(20)26(29-23)18-7-9-19(10-8-18)28-15-17-13-24(30(32)33)27(31)25(14-17)34-2/h3-4,6-15,20-21,26,29,31H,5H2,1-2H3/t20-,21-,26-/m0/s1. The maximum atomic E-state index is 11.2. The number of rotatable bonds is 5. The van der Waals surface area contributed by atoms with E-state index in [1.165, 1.54) is 47.8 Å². The number of hydrogen-bond acceptors (Lipinski definition) is 6. The lowest BCUT2D eigenvalue weighted by molar-refractivity contribution is -0.386. The maximum Gasteiger partial charge on any atom is 0.315 e. The molecule has 2 aliphatic rings. The van der Waals surface area contributed by atoms with Crippen molar-refractivity contribution in [2.45, 2.75) is 25.3 Å². The molecular formula is C27H25N3O4. The van der Waals surface area contributed by atoms with E-state index in [-0.39, 0.29) is 11.8 Å². The summed E-state index contributed by atoms with van der Waals surface area (Å²) in [6, 6.07) is 17.6. The fraction of sp³-hybridized carbons (Fsp3) is 0.222. The quantitative estimate of drug-likeness (QED) is 0.207. The topological polar surface area (TPSA) is 97.0 Å². The molecule has 7 nitrogen and oxygen atoms in total. The number of phenols is 1. The van der Waals surface area contributed by atoms with Gasteiger partial charge in [-0.2, -0.15) is 0 Å². The molecule has 3 aromatic carbocycles. The smallest absolute Gasteiger partial charge is 0.315 e. The van der Waals surface area contributed by atoms with Gasteiger partial charge in [-0.25, -0.2) is 0 Å². The van der Waals surface area contributed by atoms with Gasteiger partial charge >= 0.3 is 5.69 Å². The molecule has 5 rings (SSSR count). The highest BCUT2D eigenvalue weighted by molar-refractivity contribution is 5.85. The van der Waals surface area contributed by atoms with Crippen molar-refractivity contribution in [3.63, 3.8) is 0 Å². The van der Waals surface area contributed by atoms with Crippen LogP contribution in [0.5, 0.6) is 11.5 Å². The summed E-state index contributed by atoms with van der Waals surface area (Å²) < 4.78 is 5.05. The number of allylic oxidation sites excluding steroid dienone is 2. The van der Waals surface area contributed by atoms with E-state index in [0.717, 1.165) is 12.1 Å². The summed E-state index contributed by atoms with van der Waals surface area (Å²) in [5.74, 6) is 0.419. The van der Waals surface area contributed by atoms with Crippen LogP contribution in [-0.4, -0.2) is 23.4 Å². The Bertz CT molecular complexity index is 1310. The summed E-state index contributed by atoms with van der Waals surface area (Å²) in [6.07, 6.45) is 7.18. The van der Waals surface area contributed by atoms with Crippen molar-refractivity contribution >= 4 is 23.3 Å². The van der Waals surface area contributed by atoms with Crippen molar-refractivity contribution in [2.75, 3.05) is 12.4 Å². The highest BCUT2D eigenvalue weighted by atomic mass is 16.6. The van der Waals surface area contributed by atoms with Crippen molar-refractivity contribution in [2.24, 2.45) is 10.9 Å². The molecule has 2 N–H and O–H groups in total. The van der Waals surface area contributed by atoms with E-state index in [4.69, 9.17) is 4.74 Å². The number of fused-ring (bicyclic) bond motifs is 3. The molecule has 0 amide bonds. The first-order valence-electron chi connectivity index (χ1n) is 11.2. The third kappa shape index (κ3) is 3.90. The van der Waals surface area contributed by atoms with E-state index in [1.807, 2.05) is 12.1 Å². The number of hydrogen-bond donors (Lipinski definition) is 2. The van der Waals surface area contributed by atoms with Crippen LogP contribution in [0.1, 0.15) is 40.6 Å². The van der Waals surface area contributed by atoms with Crippen LogP contribution in [-0.2, 0) is 0 Å². The lowest BCUT2D eigenvalue weighted by Crippen LogP contribution is -2.29. The van der Waals surface area contributed by atoms with Crippen LogP contribution in [0.15, 0.2) is 71.7 Å². The zero-order valence-electron chi connectivity index (χ0n) is 18.9. The predicted octanol–water partition coefficient (Wildman–Crippen LogP) is 6.19. The maximum absolute atomic E-state index is 11.2. The third-order valence-corrected chi connectivity index (χ3v) is 6.63. The zero-order valence-corrected chi connectivity index (χ0v) is 18.9. The Morgan fingerprint density at radius 1 is 1.18 bits per heavy atom. The van der Waals surface area contributed by atoms with Crippen molar-refractivity contribution in [1.29, 1.82) is 0 Å².